The quantitative estimate of drug-likeness (QED) is 0.286. The van der Waals surface area contributed by atoms with E-state index >= 15 is 0 Å². The van der Waals surface area contributed by atoms with Crippen LogP contribution in [0.5, 0.6) is 0 Å². The lowest BCUT2D eigenvalue weighted by atomic mass is 10.00. The van der Waals surface area contributed by atoms with Crippen LogP contribution in [0.25, 0.3) is 0 Å². The zero-order valence-electron chi connectivity index (χ0n) is 17.2. The summed E-state index contributed by atoms with van der Waals surface area (Å²) in [7, 11) is 0. The van der Waals surface area contributed by atoms with Crippen molar-refractivity contribution in [3.63, 3.8) is 0 Å². The van der Waals surface area contributed by atoms with E-state index in [0.29, 0.717) is 5.92 Å². The predicted molar refractivity (Wildman–Crippen MR) is 121 cm³/mol. The Hall–Kier alpha value is -0.570. The van der Waals surface area contributed by atoms with E-state index in [1.165, 1.54) is 25.7 Å². The summed E-state index contributed by atoms with van der Waals surface area (Å²) in [6, 6.07) is 0. The Bertz CT molecular complexity index is 397. The lowest BCUT2D eigenvalue weighted by Gasteiger charge is -2.34. The van der Waals surface area contributed by atoms with Crippen LogP contribution >= 0.6 is 24.0 Å². The van der Waals surface area contributed by atoms with Gasteiger partial charge in [-0.15, -0.1) is 24.0 Å². The second-order valence-electron chi connectivity index (χ2n) is 6.91. The zero-order valence-corrected chi connectivity index (χ0v) is 19.6. The van der Waals surface area contributed by atoms with Crippen LogP contribution in [0.3, 0.4) is 0 Å². The van der Waals surface area contributed by atoms with Crippen molar-refractivity contribution < 1.29 is 4.79 Å². The smallest absolute Gasteiger partial charge is 0.219 e. The van der Waals surface area contributed by atoms with Gasteiger partial charge in [-0.25, -0.2) is 0 Å². The van der Waals surface area contributed by atoms with Gasteiger partial charge < -0.3 is 15.5 Å². The van der Waals surface area contributed by atoms with Crippen LogP contribution in [-0.2, 0) is 4.79 Å². The van der Waals surface area contributed by atoms with E-state index in [2.05, 4.69) is 36.3 Å². The molecular formula is C19H40IN5O. The molecule has 0 aromatic rings. The highest BCUT2D eigenvalue weighted by molar-refractivity contribution is 14.0. The number of aliphatic imine (C=N–C) groups is 1. The second kappa shape index (κ2) is 15.5. The Labute approximate surface area is 177 Å². The Kier molecular flexibility index (Phi) is 15.1. The van der Waals surface area contributed by atoms with Crippen LogP contribution in [-0.4, -0.2) is 74.0 Å². The summed E-state index contributed by atoms with van der Waals surface area (Å²) in [6.45, 7) is 15.5. The lowest BCUT2D eigenvalue weighted by Crippen LogP contribution is -2.50. The molecule has 0 aliphatic carbocycles. The van der Waals surface area contributed by atoms with E-state index in [1.54, 1.807) is 6.92 Å². The third-order valence-corrected chi connectivity index (χ3v) is 4.93. The van der Waals surface area contributed by atoms with Crippen LogP contribution in [0, 0.1) is 5.92 Å². The Morgan fingerprint density at radius 1 is 1.12 bits per heavy atom. The maximum absolute atomic E-state index is 11.4. The molecule has 0 aromatic carbocycles. The minimum absolute atomic E-state index is 0. The van der Waals surface area contributed by atoms with E-state index < -0.39 is 0 Å². The highest BCUT2D eigenvalue weighted by atomic mass is 127. The first-order valence-electron chi connectivity index (χ1n) is 10.1. The van der Waals surface area contributed by atoms with Crippen LogP contribution in [0.2, 0.25) is 0 Å². The molecule has 1 saturated heterocycles. The number of guanidine groups is 1. The van der Waals surface area contributed by atoms with Gasteiger partial charge in [-0.2, -0.15) is 0 Å². The molecule has 1 unspecified atom stereocenters. The summed E-state index contributed by atoms with van der Waals surface area (Å²) in [5, 5.41) is 6.80. The Balaban J connectivity index is 0.00000625. The standard InChI is InChI=1S/C19H39N5O.HI/c1-5-8-9-18(6-2)16-22-19(20-7-3)21-10-11-23-12-14-24(15-13-23)17(4)25;/h18H,5-16H2,1-4H3,(H2,20,21,22);1H. The molecule has 1 aliphatic rings. The fraction of sp³-hybridized carbons (Fsp3) is 0.895. The molecule has 0 bridgehead atoms. The van der Waals surface area contributed by atoms with Crippen molar-refractivity contribution in [1.82, 2.24) is 20.4 Å². The first kappa shape index (κ1) is 25.4. The van der Waals surface area contributed by atoms with E-state index in [9.17, 15) is 4.79 Å². The number of hydrogen-bond donors (Lipinski definition) is 2. The first-order chi connectivity index (χ1) is 12.1. The monoisotopic (exact) mass is 481 g/mol. The summed E-state index contributed by atoms with van der Waals surface area (Å²) >= 11 is 0. The maximum atomic E-state index is 11.4. The van der Waals surface area contributed by atoms with Crippen molar-refractivity contribution in [2.24, 2.45) is 10.9 Å². The molecule has 1 amide bonds. The number of rotatable bonds is 10. The van der Waals surface area contributed by atoms with Crippen molar-refractivity contribution in [1.29, 1.82) is 0 Å². The van der Waals surface area contributed by atoms with Gasteiger partial charge in [0.2, 0.25) is 5.91 Å². The third-order valence-electron chi connectivity index (χ3n) is 4.93. The normalized spacial score (nSPS) is 16.8. The molecule has 1 aliphatic heterocycles. The number of nitrogens with one attached hydrogen (secondary N) is 2. The largest absolute Gasteiger partial charge is 0.357 e. The molecule has 1 rings (SSSR count). The summed E-state index contributed by atoms with van der Waals surface area (Å²) < 4.78 is 0. The number of hydrogen-bond acceptors (Lipinski definition) is 3. The van der Waals surface area contributed by atoms with Gasteiger partial charge in [0.25, 0.3) is 0 Å². The number of amides is 1. The zero-order chi connectivity index (χ0) is 18.5. The second-order valence-corrected chi connectivity index (χ2v) is 6.91. The van der Waals surface area contributed by atoms with Gasteiger partial charge in [0, 0.05) is 59.3 Å². The molecule has 1 atom stereocenters. The van der Waals surface area contributed by atoms with E-state index in [-0.39, 0.29) is 29.9 Å². The SMILES string of the molecule is CCCCC(CC)CN=C(NCC)NCCN1CCN(C(C)=O)CC1.I. The molecule has 0 radical (unpaired) electrons. The first-order valence-corrected chi connectivity index (χ1v) is 10.1. The molecule has 7 heteroatoms. The molecule has 1 heterocycles. The van der Waals surface area contributed by atoms with E-state index in [4.69, 9.17) is 4.99 Å². The molecule has 26 heavy (non-hydrogen) atoms. The molecular weight excluding hydrogens is 441 g/mol. The third kappa shape index (κ3) is 10.5. The highest BCUT2D eigenvalue weighted by Gasteiger charge is 2.17. The fourth-order valence-electron chi connectivity index (χ4n) is 3.10. The summed E-state index contributed by atoms with van der Waals surface area (Å²) in [4.78, 5) is 20.5. The molecule has 0 saturated carbocycles. The maximum Gasteiger partial charge on any atom is 0.219 e. The van der Waals surface area contributed by atoms with E-state index in [0.717, 1.165) is 58.3 Å². The van der Waals surface area contributed by atoms with Crippen molar-refractivity contribution in [3.8, 4) is 0 Å². The number of carbonyl (C=O) groups is 1. The van der Waals surface area contributed by atoms with Crippen molar-refractivity contribution in [2.45, 2.75) is 53.4 Å². The minimum atomic E-state index is 0. The molecule has 0 spiro atoms. The van der Waals surface area contributed by atoms with Gasteiger partial charge in [-0.1, -0.05) is 33.1 Å². The minimum Gasteiger partial charge on any atom is -0.357 e. The van der Waals surface area contributed by atoms with Crippen LogP contribution < -0.4 is 10.6 Å². The van der Waals surface area contributed by atoms with Gasteiger partial charge >= 0.3 is 0 Å². The summed E-state index contributed by atoms with van der Waals surface area (Å²) in [6.07, 6.45) is 5.03. The van der Waals surface area contributed by atoms with Gasteiger partial charge in [0.1, 0.15) is 0 Å². The number of halogens is 1. The molecule has 6 nitrogen and oxygen atoms in total. The molecule has 2 N–H and O–H groups in total. The van der Waals surface area contributed by atoms with Crippen molar-refractivity contribution >= 4 is 35.8 Å². The number of carbonyl (C=O) groups excluding carboxylic acids is 1. The van der Waals surface area contributed by atoms with Gasteiger partial charge in [-0.3, -0.25) is 14.7 Å². The average molecular weight is 481 g/mol. The predicted octanol–water partition coefficient (Wildman–Crippen LogP) is 2.54. The summed E-state index contributed by atoms with van der Waals surface area (Å²) in [5.41, 5.74) is 0. The topological polar surface area (TPSA) is 60.0 Å². The van der Waals surface area contributed by atoms with Gasteiger partial charge in [-0.05, 0) is 19.3 Å². The van der Waals surface area contributed by atoms with Crippen LogP contribution in [0.1, 0.15) is 53.4 Å². The van der Waals surface area contributed by atoms with Crippen molar-refractivity contribution in [2.75, 3.05) is 52.4 Å². The summed E-state index contributed by atoms with van der Waals surface area (Å²) in [5.74, 6) is 1.81. The molecule has 1 fully saturated rings. The number of piperazine rings is 1. The lowest BCUT2D eigenvalue weighted by molar-refractivity contribution is -0.130. The van der Waals surface area contributed by atoms with Crippen molar-refractivity contribution in [3.05, 3.63) is 0 Å². The van der Waals surface area contributed by atoms with Crippen LogP contribution in [0.4, 0.5) is 0 Å². The molecule has 154 valence electrons. The molecule has 0 aromatic heterocycles. The Morgan fingerprint density at radius 2 is 1.81 bits per heavy atom. The number of nitrogens with zero attached hydrogens (tertiary/aromatic N) is 3. The van der Waals surface area contributed by atoms with Crippen LogP contribution in [0.15, 0.2) is 4.99 Å². The number of unbranched alkanes of at least 4 members (excludes halogenated alkanes) is 1. The fourth-order valence-corrected chi connectivity index (χ4v) is 3.10. The van der Waals surface area contributed by atoms with E-state index in [1.807, 2.05) is 4.90 Å². The average Bonchev–Trinajstić information content (AvgIpc) is 2.62. The highest BCUT2D eigenvalue weighted by Crippen LogP contribution is 2.12. The van der Waals surface area contributed by atoms with Gasteiger partial charge in [0.15, 0.2) is 5.96 Å². The van der Waals surface area contributed by atoms with Gasteiger partial charge in [0.05, 0.1) is 0 Å². The Morgan fingerprint density at radius 3 is 2.35 bits per heavy atom.